The Balaban J connectivity index is 1.81. The molecule has 0 aliphatic rings. The van der Waals surface area contributed by atoms with Gasteiger partial charge in [-0.2, -0.15) is 5.10 Å². The summed E-state index contributed by atoms with van der Waals surface area (Å²) in [6.45, 7) is 1.81. The van der Waals surface area contributed by atoms with Crippen molar-refractivity contribution in [3.8, 4) is 0 Å². The van der Waals surface area contributed by atoms with Gasteiger partial charge in [-0.05, 0) is 24.6 Å². The molecule has 0 saturated heterocycles. The Kier molecular flexibility index (Phi) is 4.01. The maximum Gasteiger partial charge on any atom is 0.215 e. The number of carbonyl (C=O) groups is 1. The number of nitrogens with zero attached hydrogens (tertiary/aromatic N) is 3. The summed E-state index contributed by atoms with van der Waals surface area (Å²) in [4.78, 5) is 20.0. The van der Waals surface area contributed by atoms with Gasteiger partial charge in [-0.15, -0.1) is 0 Å². The smallest absolute Gasteiger partial charge is 0.215 e. The van der Waals surface area contributed by atoms with E-state index in [2.05, 4.69) is 20.2 Å². The molecule has 3 heterocycles. The van der Waals surface area contributed by atoms with Crippen LogP contribution in [0.25, 0.3) is 5.76 Å². The fourth-order valence-corrected chi connectivity index (χ4v) is 2.16. The Morgan fingerprint density at radius 3 is 2.87 bits per heavy atom. The highest BCUT2D eigenvalue weighted by molar-refractivity contribution is 6.08. The monoisotopic (exact) mass is 310 g/mol. The van der Waals surface area contributed by atoms with Gasteiger partial charge >= 0.3 is 0 Å². The average molecular weight is 310 g/mol. The minimum atomic E-state index is -0.366. The van der Waals surface area contributed by atoms with Crippen molar-refractivity contribution >= 4 is 11.5 Å². The van der Waals surface area contributed by atoms with Crippen LogP contribution in [0.4, 0.5) is 0 Å². The Labute approximate surface area is 131 Å². The summed E-state index contributed by atoms with van der Waals surface area (Å²) >= 11 is 0. The fraction of sp³-hybridized carbons (Fsp3) is 0.125. The molecule has 0 saturated carbocycles. The van der Waals surface area contributed by atoms with Gasteiger partial charge in [0.05, 0.1) is 5.56 Å². The maximum absolute atomic E-state index is 12.3. The van der Waals surface area contributed by atoms with E-state index < -0.39 is 0 Å². The van der Waals surface area contributed by atoms with E-state index in [0.29, 0.717) is 17.7 Å². The summed E-state index contributed by atoms with van der Waals surface area (Å²) in [6, 6.07) is 3.77. The average Bonchev–Trinajstić information content (AvgIpc) is 3.19. The molecule has 0 unspecified atom stereocenters. The standard InChI is InChI=1S/C16H14N4O3/c1-10-12(13(21)7-14(22)16-18-9-19-20-16)8-23-15(10)6-11-2-4-17-5-3-11/h2-5,7-9,22H,6H2,1H3,(H,18,19,20). The second kappa shape index (κ2) is 6.27. The van der Waals surface area contributed by atoms with Crippen molar-refractivity contribution in [2.45, 2.75) is 13.3 Å². The van der Waals surface area contributed by atoms with Gasteiger partial charge in [-0.3, -0.25) is 14.9 Å². The normalized spacial score (nSPS) is 11.6. The lowest BCUT2D eigenvalue weighted by Crippen LogP contribution is -1.99. The largest absolute Gasteiger partial charge is 0.504 e. The zero-order valence-electron chi connectivity index (χ0n) is 12.4. The molecule has 0 fully saturated rings. The second-order valence-corrected chi connectivity index (χ2v) is 4.95. The van der Waals surface area contributed by atoms with Crippen LogP contribution in [0.2, 0.25) is 0 Å². The highest BCUT2D eigenvalue weighted by atomic mass is 16.3. The zero-order valence-corrected chi connectivity index (χ0v) is 12.4. The highest BCUT2D eigenvalue weighted by Gasteiger charge is 2.16. The van der Waals surface area contributed by atoms with Crippen molar-refractivity contribution in [2.75, 3.05) is 0 Å². The third-order valence-corrected chi connectivity index (χ3v) is 3.43. The molecule has 23 heavy (non-hydrogen) atoms. The predicted molar refractivity (Wildman–Crippen MR) is 81.8 cm³/mol. The summed E-state index contributed by atoms with van der Waals surface area (Å²) in [5.41, 5.74) is 2.18. The van der Waals surface area contributed by atoms with Gasteiger partial charge < -0.3 is 9.52 Å². The predicted octanol–water partition coefficient (Wildman–Crippen LogP) is 2.47. The Hall–Kier alpha value is -3.22. The van der Waals surface area contributed by atoms with Crippen molar-refractivity contribution in [2.24, 2.45) is 0 Å². The van der Waals surface area contributed by atoms with E-state index in [0.717, 1.165) is 17.2 Å². The number of aliphatic hydroxyl groups excluding tert-OH is 1. The second-order valence-electron chi connectivity index (χ2n) is 4.95. The highest BCUT2D eigenvalue weighted by Crippen LogP contribution is 2.21. The Morgan fingerprint density at radius 2 is 2.17 bits per heavy atom. The molecule has 3 aromatic rings. The number of pyridine rings is 1. The van der Waals surface area contributed by atoms with E-state index in [1.54, 1.807) is 12.4 Å². The van der Waals surface area contributed by atoms with Crippen LogP contribution in [0.15, 0.2) is 47.6 Å². The lowest BCUT2D eigenvalue weighted by molar-refractivity contribution is 0.104. The van der Waals surface area contributed by atoms with Crippen molar-refractivity contribution in [3.05, 3.63) is 71.5 Å². The van der Waals surface area contributed by atoms with Crippen molar-refractivity contribution < 1.29 is 14.3 Å². The number of hydrogen-bond acceptors (Lipinski definition) is 6. The molecule has 0 amide bonds. The van der Waals surface area contributed by atoms with Crippen LogP contribution in [0.1, 0.15) is 33.1 Å². The number of rotatable bonds is 5. The molecule has 0 aliphatic carbocycles. The lowest BCUT2D eigenvalue weighted by atomic mass is 10.0. The number of H-pyrrole nitrogens is 1. The van der Waals surface area contributed by atoms with Crippen molar-refractivity contribution in [1.82, 2.24) is 20.2 Å². The van der Waals surface area contributed by atoms with Crippen molar-refractivity contribution in [3.63, 3.8) is 0 Å². The number of ketones is 1. The van der Waals surface area contributed by atoms with Gasteiger partial charge in [0.15, 0.2) is 11.5 Å². The topological polar surface area (TPSA) is 105 Å². The first-order valence-electron chi connectivity index (χ1n) is 6.92. The summed E-state index contributed by atoms with van der Waals surface area (Å²) in [5.74, 6) is 0.101. The summed E-state index contributed by atoms with van der Waals surface area (Å²) in [5, 5.41) is 16.0. The molecule has 0 atom stereocenters. The van der Waals surface area contributed by atoms with Gasteiger partial charge in [0.2, 0.25) is 5.82 Å². The van der Waals surface area contributed by atoms with Crippen LogP contribution in [0, 0.1) is 6.92 Å². The van der Waals surface area contributed by atoms with Gasteiger partial charge in [-0.25, -0.2) is 4.98 Å². The third kappa shape index (κ3) is 3.18. The van der Waals surface area contributed by atoms with E-state index in [9.17, 15) is 9.90 Å². The zero-order chi connectivity index (χ0) is 16.2. The van der Waals surface area contributed by atoms with Crippen LogP contribution in [0.5, 0.6) is 0 Å². The Bertz CT molecular complexity index is 836. The summed E-state index contributed by atoms with van der Waals surface area (Å²) in [6.07, 6.45) is 7.78. The minimum Gasteiger partial charge on any atom is -0.504 e. The van der Waals surface area contributed by atoms with Gasteiger partial charge in [0, 0.05) is 30.5 Å². The lowest BCUT2D eigenvalue weighted by Gasteiger charge is -1.99. The SMILES string of the molecule is Cc1c(C(=O)C=C(O)c2nc[nH]n2)coc1Cc1ccncc1. The van der Waals surface area contributed by atoms with Gasteiger partial charge in [-0.1, -0.05) is 0 Å². The molecule has 0 bridgehead atoms. The number of hydrogen-bond donors (Lipinski definition) is 2. The number of carbonyl (C=O) groups excluding carboxylic acids is 1. The molecule has 0 aromatic carbocycles. The van der Waals surface area contributed by atoms with Crippen LogP contribution >= 0.6 is 0 Å². The first-order valence-corrected chi connectivity index (χ1v) is 6.92. The van der Waals surface area contributed by atoms with E-state index in [1.165, 1.54) is 12.6 Å². The molecule has 3 rings (SSSR count). The maximum atomic E-state index is 12.3. The van der Waals surface area contributed by atoms with Crippen molar-refractivity contribution in [1.29, 1.82) is 0 Å². The molecule has 116 valence electrons. The van der Waals surface area contributed by atoms with Gasteiger partial charge in [0.25, 0.3) is 0 Å². The molecule has 7 nitrogen and oxygen atoms in total. The number of aromatic nitrogens is 4. The van der Waals surface area contributed by atoms with E-state index in [1.807, 2.05) is 19.1 Å². The first kappa shape index (κ1) is 14.7. The molecule has 0 spiro atoms. The van der Waals surface area contributed by atoms with Gasteiger partial charge in [0.1, 0.15) is 18.4 Å². The van der Waals surface area contributed by atoms with E-state index >= 15 is 0 Å². The fourth-order valence-electron chi connectivity index (χ4n) is 2.16. The van der Waals surface area contributed by atoms with Crippen LogP contribution in [-0.2, 0) is 6.42 Å². The third-order valence-electron chi connectivity index (χ3n) is 3.43. The molecule has 7 heteroatoms. The molecule has 0 radical (unpaired) electrons. The first-order chi connectivity index (χ1) is 11.1. The summed E-state index contributed by atoms with van der Waals surface area (Å²) in [7, 11) is 0. The van der Waals surface area contributed by atoms with Crippen LogP contribution in [-0.4, -0.2) is 31.1 Å². The molecular weight excluding hydrogens is 296 g/mol. The molecule has 2 N–H and O–H groups in total. The van der Waals surface area contributed by atoms with E-state index in [4.69, 9.17) is 4.42 Å². The number of aromatic amines is 1. The summed E-state index contributed by atoms with van der Waals surface area (Å²) < 4.78 is 5.50. The van der Waals surface area contributed by atoms with E-state index in [-0.39, 0.29) is 17.4 Å². The molecule has 0 aliphatic heterocycles. The molecule has 3 aromatic heterocycles. The number of furan rings is 1. The minimum absolute atomic E-state index is 0.0662. The van der Waals surface area contributed by atoms with Crippen LogP contribution < -0.4 is 0 Å². The molecular formula is C16H14N4O3. The van der Waals surface area contributed by atoms with Crippen LogP contribution in [0.3, 0.4) is 0 Å². The number of allylic oxidation sites excluding steroid dienone is 1. The number of nitrogens with one attached hydrogen (secondary N) is 1. The quantitative estimate of drug-likeness (QED) is 0.426. The number of aliphatic hydroxyl groups is 1. The Morgan fingerprint density at radius 1 is 1.39 bits per heavy atom.